The molecule has 2 unspecified atom stereocenters. The van der Waals surface area contributed by atoms with Gasteiger partial charge in [0, 0.05) is 18.8 Å². The largest absolute Gasteiger partial charge is 0.495 e. The lowest BCUT2D eigenvalue weighted by molar-refractivity contribution is 0.312. The van der Waals surface area contributed by atoms with Crippen molar-refractivity contribution in [1.29, 1.82) is 0 Å². The highest BCUT2D eigenvalue weighted by Gasteiger charge is 2.30. The van der Waals surface area contributed by atoms with Crippen LogP contribution in [0.5, 0.6) is 5.75 Å². The van der Waals surface area contributed by atoms with Gasteiger partial charge in [-0.1, -0.05) is 6.07 Å². The van der Waals surface area contributed by atoms with Crippen LogP contribution in [-0.2, 0) is 9.84 Å². The third kappa shape index (κ3) is 2.97. The van der Waals surface area contributed by atoms with Gasteiger partial charge in [0.15, 0.2) is 9.84 Å². The molecule has 1 saturated heterocycles. The highest BCUT2D eigenvalue weighted by atomic mass is 32.2. The molecule has 0 aliphatic carbocycles. The van der Waals surface area contributed by atoms with Gasteiger partial charge in [0.05, 0.1) is 7.11 Å². The monoisotopic (exact) mass is 298 g/mol. The predicted octanol–water partition coefficient (Wildman–Crippen LogP) is 1.05. The SMILES string of the molecule is COc1cc(C2CC(CN)CN2C)ccc1S(C)(=O)=O. The van der Waals surface area contributed by atoms with E-state index in [-0.39, 0.29) is 10.9 Å². The van der Waals surface area contributed by atoms with Crippen LogP contribution in [0.25, 0.3) is 0 Å². The van der Waals surface area contributed by atoms with Gasteiger partial charge in [0.2, 0.25) is 0 Å². The van der Waals surface area contributed by atoms with Gasteiger partial charge in [-0.05, 0) is 43.6 Å². The molecule has 1 aromatic rings. The second-order valence-corrected chi connectivity index (χ2v) is 7.46. The molecule has 112 valence electrons. The number of methoxy groups -OCH3 is 1. The molecule has 0 spiro atoms. The Morgan fingerprint density at radius 1 is 1.45 bits per heavy atom. The number of hydrogen-bond donors (Lipinski definition) is 1. The van der Waals surface area contributed by atoms with Crippen LogP contribution >= 0.6 is 0 Å². The van der Waals surface area contributed by atoms with E-state index in [2.05, 4.69) is 11.9 Å². The van der Waals surface area contributed by atoms with E-state index in [1.807, 2.05) is 12.1 Å². The summed E-state index contributed by atoms with van der Waals surface area (Å²) < 4.78 is 28.6. The maximum Gasteiger partial charge on any atom is 0.179 e. The number of nitrogens with zero attached hydrogens (tertiary/aromatic N) is 1. The second-order valence-electron chi connectivity index (χ2n) is 5.48. The third-order valence-corrected chi connectivity index (χ3v) is 5.08. The van der Waals surface area contributed by atoms with Crippen LogP contribution in [0, 0.1) is 5.92 Å². The number of likely N-dealkylation sites (tertiary alicyclic amines) is 1. The predicted molar refractivity (Wildman–Crippen MR) is 78.6 cm³/mol. The Morgan fingerprint density at radius 2 is 2.15 bits per heavy atom. The zero-order valence-corrected chi connectivity index (χ0v) is 13.0. The molecule has 1 aliphatic rings. The fourth-order valence-electron chi connectivity index (χ4n) is 2.86. The van der Waals surface area contributed by atoms with E-state index >= 15 is 0 Å². The summed E-state index contributed by atoms with van der Waals surface area (Å²) in [4.78, 5) is 2.49. The molecule has 1 fully saturated rings. The van der Waals surface area contributed by atoms with Crippen molar-refractivity contribution >= 4 is 9.84 Å². The zero-order chi connectivity index (χ0) is 14.9. The summed E-state index contributed by atoms with van der Waals surface area (Å²) in [6, 6.07) is 5.61. The molecule has 2 N–H and O–H groups in total. The normalized spacial score (nSPS) is 24.0. The number of rotatable bonds is 4. The van der Waals surface area contributed by atoms with Gasteiger partial charge >= 0.3 is 0 Å². The van der Waals surface area contributed by atoms with Gasteiger partial charge in [-0.15, -0.1) is 0 Å². The Balaban J connectivity index is 2.36. The minimum Gasteiger partial charge on any atom is -0.495 e. The first-order valence-corrected chi connectivity index (χ1v) is 8.54. The van der Waals surface area contributed by atoms with E-state index < -0.39 is 9.84 Å². The van der Waals surface area contributed by atoms with Crippen molar-refractivity contribution in [1.82, 2.24) is 4.90 Å². The molecule has 20 heavy (non-hydrogen) atoms. The van der Waals surface area contributed by atoms with Crippen molar-refractivity contribution in [3.63, 3.8) is 0 Å². The highest BCUT2D eigenvalue weighted by molar-refractivity contribution is 7.90. The summed E-state index contributed by atoms with van der Waals surface area (Å²) in [7, 11) is 0.288. The standard InChI is InChI=1S/C14H22N2O3S/c1-16-9-10(8-15)6-12(16)11-4-5-14(20(3,17)18)13(7-11)19-2/h4-5,7,10,12H,6,8-9,15H2,1-3H3. The Morgan fingerprint density at radius 3 is 2.65 bits per heavy atom. The summed E-state index contributed by atoms with van der Waals surface area (Å²) in [5, 5.41) is 0. The quantitative estimate of drug-likeness (QED) is 0.899. The topological polar surface area (TPSA) is 72.6 Å². The Labute approximate surface area is 120 Å². The molecule has 0 amide bonds. The molecular weight excluding hydrogens is 276 g/mol. The maximum atomic E-state index is 11.7. The van der Waals surface area contributed by atoms with Crippen molar-refractivity contribution < 1.29 is 13.2 Å². The molecule has 1 aromatic carbocycles. The summed E-state index contributed by atoms with van der Waals surface area (Å²) >= 11 is 0. The summed E-state index contributed by atoms with van der Waals surface area (Å²) in [5.74, 6) is 0.903. The third-order valence-electron chi connectivity index (χ3n) is 3.94. The molecule has 0 saturated carbocycles. The zero-order valence-electron chi connectivity index (χ0n) is 12.2. The van der Waals surface area contributed by atoms with Crippen molar-refractivity contribution in [3.8, 4) is 5.75 Å². The van der Waals surface area contributed by atoms with Crippen LogP contribution in [0.4, 0.5) is 0 Å². The van der Waals surface area contributed by atoms with E-state index in [0.29, 0.717) is 18.2 Å². The lowest BCUT2D eigenvalue weighted by atomic mass is 10.00. The van der Waals surface area contributed by atoms with E-state index in [1.165, 1.54) is 13.4 Å². The number of sulfone groups is 1. The molecule has 0 radical (unpaired) electrons. The molecule has 1 aliphatic heterocycles. The first-order valence-electron chi connectivity index (χ1n) is 6.65. The molecule has 1 heterocycles. The van der Waals surface area contributed by atoms with Gasteiger partial charge < -0.3 is 10.5 Å². The Hall–Kier alpha value is -1.11. The average molecular weight is 298 g/mol. The molecule has 0 bridgehead atoms. The first kappa shape index (κ1) is 15.3. The summed E-state index contributed by atoms with van der Waals surface area (Å²) in [5.41, 5.74) is 6.82. The fourth-order valence-corrected chi connectivity index (χ4v) is 3.69. The van der Waals surface area contributed by atoms with E-state index in [9.17, 15) is 8.42 Å². The lowest BCUT2D eigenvalue weighted by Crippen LogP contribution is -2.20. The lowest BCUT2D eigenvalue weighted by Gasteiger charge is -2.20. The van der Waals surface area contributed by atoms with Gasteiger partial charge in [-0.25, -0.2) is 8.42 Å². The minimum absolute atomic E-state index is 0.236. The van der Waals surface area contributed by atoms with Crippen molar-refractivity contribution in [2.45, 2.75) is 17.4 Å². The summed E-state index contributed by atoms with van der Waals surface area (Å²) in [6.07, 6.45) is 2.19. The molecule has 2 atom stereocenters. The Kier molecular flexibility index (Phi) is 4.36. The van der Waals surface area contributed by atoms with Gasteiger partial charge in [0.1, 0.15) is 10.6 Å². The van der Waals surface area contributed by atoms with E-state index in [4.69, 9.17) is 10.5 Å². The summed E-state index contributed by atoms with van der Waals surface area (Å²) in [6.45, 7) is 1.65. The molecule has 0 aromatic heterocycles. The smallest absolute Gasteiger partial charge is 0.179 e. The van der Waals surface area contributed by atoms with Crippen LogP contribution in [-0.4, -0.2) is 46.8 Å². The van der Waals surface area contributed by atoms with Gasteiger partial charge in [-0.3, -0.25) is 4.90 Å². The van der Waals surface area contributed by atoms with Crippen molar-refractivity contribution in [3.05, 3.63) is 23.8 Å². The average Bonchev–Trinajstić information content (AvgIpc) is 2.78. The number of benzene rings is 1. The number of ether oxygens (including phenoxy) is 1. The van der Waals surface area contributed by atoms with Crippen LogP contribution < -0.4 is 10.5 Å². The number of hydrogen-bond acceptors (Lipinski definition) is 5. The highest BCUT2D eigenvalue weighted by Crippen LogP contribution is 2.36. The van der Waals surface area contributed by atoms with Gasteiger partial charge in [0.25, 0.3) is 0 Å². The first-order chi connectivity index (χ1) is 9.36. The Bertz CT molecular complexity index is 586. The van der Waals surface area contributed by atoms with E-state index in [0.717, 1.165) is 18.5 Å². The van der Waals surface area contributed by atoms with Crippen LogP contribution in [0.1, 0.15) is 18.0 Å². The van der Waals surface area contributed by atoms with Crippen LogP contribution in [0.2, 0.25) is 0 Å². The van der Waals surface area contributed by atoms with Crippen LogP contribution in [0.15, 0.2) is 23.1 Å². The van der Waals surface area contributed by atoms with E-state index in [1.54, 1.807) is 6.07 Å². The molecule has 2 rings (SSSR count). The van der Waals surface area contributed by atoms with Crippen LogP contribution in [0.3, 0.4) is 0 Å². The molecular formula is C14H22N2O3S. The van der Waals surface area contributed by atoms with Crippen molar-refractivity contribution in [2.75, 3.05) is 33.5 Å². The van der Waals surface area contributed by atoms with Crippen molar-refractivity contribution in [2.24, 2.45) is 11.7 Å². The molecule has 5 nitrogen and oxygen atoms in total. The maximum absolute atomic E-state index is 11.7. The molecule has 6 heteroatoms. The fraction of sp³-hybridized carbons (Fsp3) is 0.571. The van der Waals surface area contributed by atoms with Gasteiger partial charge in [-0.2, -0.15) is 0 Å². The minimum atomic E-state index is -3.27. The second kappa shape index (κ2) is 5.71. The number of nitrogens with two attached hydrogens (primary N) is 1.